The molecule has 0 bridgehead atoms. The molecule has 1 atom stereocenters. The van der Waals surface area contributed by atoms with E-state index in [-0.39, 0.29) is 0 Å². The molecule has 0 saturated carbocycles. The topological polar surface area (TPSA) is 6.48 Å². The van der Waals surface area contributed by atoms with Gasteiger partial charge < -0.3 is 9.80 Å². The lowest BCUT2D eigenvalue weighted by Crippen LogP contribution is -2.44. The average Bonchev–Trinajstić information content (AvgIpc) is 1.97. The van der Waals surface area contributed by atoms with Gasteiger partial charge in [0.25, 0.3) is 0 Å². The van der Waals surface area contributed by atoms with Crippen molar-refractivity contribution in [2.45, 2.75) is 32.7 Å². The van der Waals surface area contributed by atoms with E-state index in [1.165, 1.54) is 39.0 Å². The molecule has 0 aromatic heterocycles. The Bertz CT molecular complexity index is 121. The highest BCUT2D eigenvalue weighted by Crippen LogP contribution is 2.13. The lowest BCUT2D eigenvalue weighted by molar-refractivity contribution is 0.115. The summed E-state index contributed by atoms with van der Waals surface area (Å²) < 4.78 is 0. The van der Waals surface area contributed by atoms with Crippen LogP contribution in [0.3, 0.4) is 0 Å². The number of hydrogen-bond acceptors (Lipinski definition) is 2. The van der Waals surface area contributed by atoms with Gasteiger partial charge in [-0.05, 0) is 53.0 Å². The van der Waals surface area contributed by atoms with E-state index < -0.39 is 0 Å². The fourth-order valence-corrected chi connectivity index (χ4v) is 1.53. The summed E-state index contributed by atoms with van der Waals surface area (Å²) in [5, 5.41) is 0. The zero-order valence-electron chi connectivity index (χ0n) is 8.71. The summed E-state index contributed by atoms with van der Waals surface area (Å²) in [5.41, 5.74) is 0. The molecule has 0 aromatic carbocycles. The molecule has 0 aliphatic carbocycles. The van der Waals surface area contributed by atoms with Crippen molar-refractivity contribution in [1.29, 1.82) is 0 Å². The van der Waals surface area contributed by atoms with Crippen LogP contribution in [0.4, 0.5) is 0 Å². The monoisotopic (exact) mass is 170 g/mol. The third-order valence-corrected chi connectivity index (χ3v) is 2.98. The lowest BCUT2D eigenvalue weighted by atomic mass is 10.1. The van der Waals surface area contributed by atoms with Gasteiger partial charge in [0.1, 0.15) is 0 Å². The number of likely N-dealkylation sites (tertiary alicyclic amines) is 1. The normalized spacial score (nSPS) is 21.0. The van der Waals surface area contributed by atoms with E-state index in [0.717, 1.165) is 6.04 Å². The predicted octanol–water partition coefficient (Wildman–Crippen LogP) is 1.42. The van der Waals surface area contributed by atoms with Crippen molar-refractivity contribution < 1.29 is 0 Å². The van der Waals surface area contributed by atoms with Crippen LogP contribution in [0, 0.1) is 0 Å². The summed E-state index contributed by atoms with van der Waals surface area (Å²) in [4.78, 5) is 4.96. The fourth-order valence-electron chi connectivity index (χ4n) is 1.53. The molecule has 1 saturated heterocycles. The molecule has 72 valence electrons. The van der Waals surface area contributed by atoms with Gasteiger partial charge in [0.05, 0.1) is 0 Å². The molecular weight excluding hydrogens is 148 g/mol. The van der Waals surface area contributed by atoms with Gasteiger partial charge in [-0.1, -0.05) is 6.92 Å². The third-order valence-electron chi connectivity index (χ3n) is 2.98. The summed E-state index contributed by atoms with van der Waals surface area (Å²) >= 11 is 0. The van der Waals surface area contributed by atoms with E-state index in [4.69, 9.17) is 0 Å². The molecule has 12 heavy (non-hydrogen) atoms. The van der Waals surface area contributed by atoms with Crippen LogP contribution in [0.25, 0.3) is 0 Å². The van der Waals surface area contributed by atoms with E-state index in [1.807, 2.05) is 0 Å². The second-order valence-electron chi connectivity index (χ2n) is 3.92. The highest BCUT2D eigenvalue weighted by Gasteiger charge is 2.19. The first kappa shape index (κ1) is 10.0. The Balaban J connectivity index is 2.05. The quantitative estimate of drug-likeness (QED) is 0.616. The molecule has 0 radical (unpaired) electrons. The van der Waals surface area contributed by atoms with E-state index >= 15 is 0 Å². The van der Waals surface area contributed by atoms with Crippen LogP contribution < -0.4 is 0 Å². The Morgan fingerprint density at radius 3 is 2.50 bits per heavy atom. The Hall–Kier alpha value is -0.0800. The first-order valence-electron chi connectivity index (χ1n) is 5.16. The predicted molar refractivity (Wildman–Crippen MR) is 53.4 cm³/mol. The maximum Gasteiger partial charge on any atom is 0.00791 e. The van der Waals surface area contributed by atoms with Crippen LogP contribution in [-0.4, -0.2) is 49.1 Å². The van der Waals surface area contributed by atoms with Gasteiger partial charge in [-0.15, -0.1) is 0 Å². The number of rotatable bonds is 5. The van der Waals surface area contributed by atoms with Crippen LogP contribution in [-0.2, 0) is 0 Å². The highest BCUT2D eigenvalue weighted by atomic mass is 15.2. The molecule has 0 N–H and O–H groups in total. The maximum absolute atomic E-state index is 2.57. The van der Waals surface area contributed by atoms with Gasteiger partial charge in [0.15, 0.2) is 0 Å². The van der Waals surface area contributed by atoms with Crippen molar-refractivity contribution in [3.05, 3.63) is 0 Å². The summed E-state index contributed by atoms with van der Waals surface area (Å²) in [6, 6.07) is 0.799. The average molecular weight is 170 g/mol. The van der Waals surface area contributed by atoms with Crippen LogP contribution in [0.5, 0.6) is 0 Å². The number of nitrogens with zero attached hydrogens (tertiary/aromatic N) is 2. The molecule has 1 unspecified atom stereocenters. The highest BCUT2D eigenvalue weighted by molar-refractivity contribution is 4.75. The Labute approximate surface area is 76.5 Å². The summed E-state index contributed by atoms with van der Waals surface area (Å²) in [6.45, 7) is 9.64. The van der Waals surface area contributed by atoms with Crippen molar-refractivity contribution >= 4 is 0 Å². The first-order valence-corrected chi connectivity index (χ1v) is 5.16. The van der Waals surface area contributed by atoms with Crippen molar-refractivity contribution in [2.24, 2.45) is 0 Å². The molecule has 1 rings (SSSR count). The van der Waals surface area contributed by atoms with Gasteiger partial charge in [-0.2, -0.15) is 0 Å². The Kier molecular flexibility index (Phi) is 4.02. The second kappa shape index (κ2) is 4.83. The Morgan fingerprint density at radius 1 is 1.42 bits per heavy atom. The smallest absolute Gasteiger partial charge is 0.00791 e. The van der Waals surface area contributed by atoms with Crippen LogP contribution in [0.2, 0.25) is 0 Å². The van der Waals surface area contributed by atoms with Crippen LogP contribution in [0.1, 0.15) is 26.7 Å². The third kappa shape index (κ3) is 2.76. The van der Waals surface area contributed by atoms with E-state index in [0.29, 0.717) is 0 Å². The first-order chi connectivity index (χ1) is 5.74. The molecule has 0 aromatic rings. The van der Waals surface area contributed by atoms with Crippen molar-refractivity contribution in [2.75, 3.05) is 33.2 Å². The standard InChI is InChI=1S/C10H22N2/c1-4-11(3)9-6-10(2)12-7-5-8-12/h10H,4-9H2,1-3H3. The molecule has 2 nitrogen and oxygen atoms in total. The van der Waals surface area contributed by atoms with Gasteiger partial charge in [-0.3, -0.25) is 0 Å². The lowest BCUT2D eigenvalue weighted by Gasteiger charge is -2.37. The minimum Gasteiger partial charge on any atom is -0.307 e. The minimum atomic E-state index is 0.799. The summed E-state index contributed by atoms with van der Waals surface area (Å²) in [6.07, 6.45) is 2.73. The molecule has 1 aliphatic heterocycles. The Morgan fingerprint density at radius 2 is 2.08 bits per heavy atom. The van der Waals surface area contributed by atoms with Gasteiger partial charge >= 0.3 is 0 Å². The van der Waals surface area contributed by atoms with E-state index in [9.17, 15) is 0 Å². The van der Waals surface area contributed by atoms with Gasteiger partial charge in [0, 0.05) is 6.04 Å². The summed E-state index contributed by atoms with van der Waals surface area (Å²) in [5.74, 6) is 0. The molecule has 0 amide bonds. The molecular formula is C10H22N2. The molecule has 1 aliphatic rings. The molecule has 1 heterocycles. The fraction of sp³-hybridized carbons (Fsp3) is 1.00. The van der Waals surface area contributed by atoms with Gasteiger partial charge in [-0.25, -0.2) is 0 Å². The second-order valence-corrected chi connectivity index (χ2v) is 3.92. The van der Waals surface area contributed by atoms with Crippen LogP contribution in [0.15, 0.2) is 0 Å². The minimum absolute atomic E-state index is 0.799. The number of hydrogen-bond donors (Lipinski definition) is 0. The van der Waals surface area contributed by atoms with Crippen molar-refractivity contribution in [3.8, 4) is 0 Å². The van der Waals surface area contributed by atoms with Crippen molar-refractivity contribution in [1.82, 2.24) is 9.80 Å². The van der Waals surface area contributed by atoms with Crippen LogP contribution >= 0.6 is 0 Å². The van der Waals surface area contributed by atoms with Gasteiger partial charge in [0.2, 0.25) is 0 Å². The zero-order valence-corrected chi connectivity index (χ0v) is 8.71. The molecule has 2 heteroatoms. The summed E-state index contributed by atoms with van der Waals surface area (Å²) in [7, 11) is 2.20. The zero-order chi connectivity index (χ0) is 8.97. The maximum atomic E-state index is 2.57. The van der Waals surface area contributed by atoms with E-state index in [2.05, 4.69) is 30.7 Å². The molecule has 0 spiro atoms. The molecule has 1 fully saturated rings. The SMILES string of the molecule is CCN(C)CCC(C)N1CCC1. The largest absolute Gasteiger partial charge is 0.307 e. The van der Waals surface area contributed by atoms with Crippen molar-refractivity contribution in [3.63, 3.8) is 0 Å². The van der Waals surface area contributed by atoms with E-state index in [1.54, 1.807) is 0 Å².